The highest BCUT2D eigenvalue weighted by Crippen LogP contribution is 2.31. The van der Waals surface area contributed by atoms with E-state index in [2.05, 4.69) is 27.4 Å². The number of rotatable bonds is 21. The van der Waals surface area contributed by atoms with E-state index >= 15 is 0 Å². The van der Waals surface area contributed by atoms with Crippen molar-refractivity contribution in [3.63, 3.8) is 0 Å². The average molecular weight is 455 g/mol. The summed E-state index contributed by atoms with van der Waals surface area (Å²) in [6, 6.07) is 3.34. The van der Waals surface area contributed by atoms with Gasteiger partial charge in [-0.25, -0.2) is 4.79 Å². The fourth-order valence-electron chi connectivity index (χ4n) is 3.95. The van der Waals surface area contributed by atoms with E-state index in [9.17, 15) is 9.59 Å². The molecule has 0 bridgehead atoms. The molecule has 0 amide bonds. The zero-order chi connectivity index (χ0) is 23.4. The summed E-state index contributed by atoms with van der Waals surface area (Å²) in [7, 11) is -2.08. The predicted octanol–water partition coefficient (Wildman–Crippen LogP) is 8.12. The highest BCUT2D eigenvalue weighted by Gasteiger charge is 2.36. The van der Waals surface area contributed by atoms with Crippen molar-refractivity contribution in [2.45, 2.75) is 136 Å². The number of esters is 1. The van der Waals surface area contributed by atoms with Crippen LogP contribution in [0, 0.1) is 0 Å². The Morgan fingerprint density at radius 2 is 1.16 bits per heavy atom. The Hall–Kier alpha value is -1.10. The Morgan fingerprint density at radius 3 is 1.55 bits per heavy atom. The lowest BCUT2D eigenvalue weighted by Crippen LogP contribution is -2.40. The van der Waals surface area contributed by atoms with Crippen LogP contribution in [-0.4, -0.2) is 26.9 Å². The van der Waals surface area contributed by atoms with Gasteiger partial charge in [0, 0.05) is 12.0 Å². The van der Waals surface area contributed by atoms with Crippen molar-refractivity contribution >= 4 is 20.3 Å². The fourth-order valence-corrected chi connectivity index (χ4v) is 8.27. The molecular formula is C26H50O4Si. The van der Waals surface area contributed by atoms with Gasteiger partial charge >= 0.3 is 5.97 Å². The molecule has 0 aromatic carbocycles. The number of unbranched alkanes of at least 4 members (excludes halogenated alkanes) is 9. The average Bonchev–Trinajstić information content (AvgIpc) is 2.74. The molecule has 0 aliphatic carbocycles. The second-order valence-corrected chi connectivity index (χ2v) is 13.2. The molecule has 0 aromatic rings. The molecule has 0 N–H and O–H groups in total. The highest BCUT2D eigenvalue weighted by molar-refractivity contribution is 6.75. The molecule has 0 fully saturated rings. The minimum absolute atomic E-state index is 0.0838. The maximum Gasteiger partial charge on any atom is 0.333 e. The van der Waals surface area contributed by atoms with Crippen LogP contribution in [0.2, 0.25) is 18.1 Å². The smallest absolute Gasteiger partial charge is 0.333 e. The van der Waals surface area contributed by atoms with Crippen molar-refractivity contribution in [1.82, 2.24) is 0 Å². The van der Waals surface area contributed by atoms with Gasteiger partial charge in [-0.15, -0.1) is 0 Å². The first-order valence-electron chi connectivity index (χ1n) is 12.9. The summed E-state index contributed by atoms with van der Waals surface area (Å²) in [6.45, 7) is 12.2. The van der Waals surface area contributed by atoms with Gasteiger partial charge in [0.1, 0.15) is 0 Å². The first-order chi connectivity index (χ1) is 14.9. The molecule has 0 unspecified atom stereocenters. The van der Waals surface area contributed by atoms with E-state index in [-0.39, 0.29) is 18.5 Å². The molecule has 0 saturated heterocycles. The van der Waals surface area contributed by atoms with Crippen molar-refractivity contribution in [2.24, 2.45) is 0 Å². The van der Waals surface area contributed by atoms with Gasteiger partial charge in [0.2, 0.25) is 0 Å². The lowest BCUT2D eigenvalue weighted by molar-refractivity contribution is -0.141. The molecule has 0 saturated carbocycles. The van der Waals surface area contributed by atoms with Crippen LogP contribution in [0.3, 0.4) is 0 Å². The summed E-state index contributed by atoms with van der Waals surface area (Å²) < 4.78 is 11.5. The van der Waals surface area contributed by atoms with Crippen LogP contribution in [0.25, 0.3) is 0 Å². The minimum Gasteiger partial charge on any atom is -0.519 e. The first-order valence-corrected chi connectivity index (χ1v) is 15.5. The molecule has 4 nitrogen and oxygen atoms in total. The second kappa shape index (κ2) is 19.6. The lowest BCUT2D eigenvalue weighted by atomic mass is 10.2. The highest BCUT2D eigenvalue weighted by atomic mass is 28.4. The topological polar surface area (TPSA) is 52.6 Å². The van der Waals surface area contributed by atoms with Gasteiger partial charge in [-0.1, -0.05) is 104 Å². The summed E-state index contributed by atoms with van der Waals surface area (Å²) in [5.74, 6) is -0.473. The minimum atomic E-state index is -2.08. The van der Waals surface area contributed by atoms with E-state index in [1.165, 1.54) is 77.0 Å². The SMILES string of the molecule is C=C(C)C(=O)OCCCC(=O)O[Si](CCCCCC)(CCCCCC)CCCCCC. The first kappa shape index (κ1) is 29.9. The van der Waals surface area contributed by atoms with Gasteiger partial charge in [0.25, 0.3) is 14.3 Å². The Balaban J connectivity index is 4.92. The molecule has 31 heavy (non-hydrogen) atoms. The third kappa shape index (κ3) is 16.2. The largest absolute Gasteiger partial charge is 0.519 e. The van der Waals surface area contributed by atoms with Crippen molar-refractivity contribution in [3.8, 4) is 0 Å². The molecule has 0 spiro atoms. The Morgan fingerprint density at radius 1 is 0.710 bits per heavy atom. The van der Waals surface area contributed by atoms with Gasteiger partial charge in [-0.2, -0.15) is 0 Å². The molecule has 0 aliphatic heterocycles. The quantitative estimate of drug-likeness (QED) is 0.0760. The molecular weight excluding hydrogens is 404 g/mol. The van der Waals surface area contributed by atoms with Crippen LogP contribution in [0.1, 0.15) is 118 Å². The number of hydrogen-bond acceptors (Lipinski definition) is 4. The summed E-state index contributed by atoms with van der Waals surface area (Å²) in [6.07, 6.45) is 15.6. The lowest BCUT2D eigenvalue weighted by Gasteiger charge is -2.32. The van der Waals surface area contributed by atoms with E-state index in [1.54, 1.807) is 6.92 Å². The zero-order valence-corrected chi connectivity index (χ0v) is 22.1. The molecule has 182 valence electrons. The molecule has 0 aromatic heterocycles. The van der Waals surface area contributed by atoms with Gasteiger partial charge in [-0.05, 0) is 31.5 Å². The van der Waals surface area contributed by atoms with E-state index in [0.717, 1.165) is 18.1 Å². The van der Waals surface area contributed by atoms with Crippen molar-refractivity contribution in [2.75, 3.05) is 6.61 Å². The molecule has 0 radical (unpaired) electrons. The van der Waals surface area contributed by atoms with Crippen molar-refractivity contribution in [3.05, 3.63) is 12.2 Å². The summed E-state index contributed by atoms with van der Waals surface area (Å²) in [4.78, 5) is 24.3. The number of ether oxygens (including phenoxy) is 1. The van der Waals surface area contributed by atoms with Gasteiger partial charge in [0.15, 0.2) is 0 Å². The van der Waals surface area contributed by atoms with Crippen molar-refractivity contribution in [1.29, 1.82) is 0 Å². The number of carbonyl (C=O) groups is 2. The Labute approximate surface area is 193 Å². The van der Waals surface area contributed by atoms with Gasteiger partial charge in [0.05, 0.1) is 6.61 Å². The van der Waals surface area contributed by atoms with Crippen LogP contribution in [-0.2, 0) is 18.8 Å². The zero-order valence-electron chi connectivity index (χ0n) is 21.1. The van der Waals surface area contributed by atoms with E-state index < -0.39 is 8.32 Å². The monoisotopic (exact) mass is 454 g/mol. The normalized spacial score (nSPS) is 11.4. The standard InChI is InChI=1S/C26H50O4Si/c1-6-9-12-15-21-31(22-16-13-10-7-2,23-17-14-11-8-3)30-25(27)19-18-20-29-26(28)24(4)5/h4,6-23H2,1-3,5H3. The van der Waals surface area contributed by atoms with Crippen molar-refractivity contribution < 1.29 is 18.8 Å². The molecule has 0 aliphatic rings. The summed E-state index contributed by atoms with van der Waals surface area (Å²) in [5, 5.41) is 0. The van der Waals surface area contributed by atoms with Crippen LogP contribution in [0.15, 0.2) is 12.2 Å². The maximum absolute atomic E-state index is 12.8. The van der Waals surface area contributed by atoms with Crippen LogP contribution >= 0.6 is 0 Å². The van der Waals surface area contributed by atoms with Gasteiger partial charge < -0.3 is 9.16 Å². The second-order valence-electron chi connectivity index (χ2n) is 9.11. The Bertz CT molecular complexity index is 459. The number of carbonyl (C=O) groups excluding carboxylic acids is 2. The predicted molar refractivity (Wildman–Crippen MR) is 134 cm³/mol. The molecule has 0 atom stereocenters. The third-order valence-electron chi connectivity index (χ3n) is 5.90. The molecule has 5 heteroatoms. The molecule has 0 rings (SSSR count). The molecule has 0 heterocycles. The van der Waals surface area contributed by atoms with Crippen LogP contribution in [0.5, 0.6) is 0 Å². The maximum atomic E-state index is 12.8. The summed E-state index contributed by atoms with van der Waals surface area (Å²) in [5.41, 5.74) is 0.389. The fraction of sp³-hybridized carbons (Fsp3) is 0.846. The number of hydrogen-bond donors (Lipinski definition) is 0. The van der Waals surface area contributed by atoms with Gasteiger partial charge in [-0.3, -0.25) is 4.79 Å². The van der Waals surface area contributed by atoms with E-state index in [1.807, 2.05) is 0 Å². The third-order valence-corrected chi connectivity index (χ3v) is 10.4. The van der Waals surface area contributed by atoms with E-state index in [0.29, 0.717) is 18.4 Å². The van der Waals surface area contributed by atoms with E-state index in [4.69, 9.17) is 9.16 Å². The van der Waals surface area contributed by atoms with Crippen LogP contribution < -0.4 is 0 Å². The Kier molecular flexibility index (Phi) is 18.9. The summed E-state index contributed by atoms with van der Waals surface area (Å²) >= 11 is 0. The van der Waals surface area contributed by atoms with Crippen LogP contribution in [0.4, 0.5) is 0 Å².